The lowest BCUT2D eigenvalue weighted by molar-refractivity contribution is -0.697. The minimum atomic E-state index is -0.427. The van der Waals surface area contributed by atoms with Gasteiger partial charge in [-0.05, 0) is 87.3 Å². The molecule has 5 aromatic rings. The SMILES string of the molecule is CC(=O)Oc1c(-c2cn(CCCCCCCCCCOCCCc3ccc[n+](CCCCCCOCCCc4cccnc4)c3)nn2)cc(Cl)c2cccnc12.[Cl-]. The van der Waals surface area contributed by atoms with Gasteiger partial charge in [-0.15, -0.1) is 5.10 Å². The van der Waals surface area contributed by atoms with Gasteiger partial charge in [-0.1, -0.05) is 67.8 Å². The summed E-state index contributed by atoms with van der Waals surface area (Å²) >= 11 is 6.54. The van der Waals surface area contributed by atoms with Crippen LogP contribution in [0.2, 0.25) is 5.02 Å². The quantitative estimate of drug-likeness (QED) is 0.0237. The van der Waals surface area contributed by atoms with Crippen LogP contribution in [0.15, 0.2) is 79.6 Å². The van der Waals surface area contributed by atoms with Crippen LogP contribution in [0, 0.1) is 0 Å². The standard InChI is InChI=1S/C45H60ClN6O4.ClH/c1-37(53)56-45-41(33-42(46)40-23-15-25-48-44(40)45)43-36-52(50-49-43)28-11-6-4-2-3-5-8-12-29-55-32-18-22-39-20-16-27-51(35-39)26-10-7-9-13-30-54-31-17-21-38-19-14-24-47-34-38;/h14-16,19-20,23-25,27,33-36H,2-13,17-18,21-22,26,28-32H2,1H3;1H/q+1;/p-1. The molecule has 10 nitrogen and oxygen atoms in total. The lowest BCUT2D eigenvalue weighted by Crippen LogP contribution is -3.00. The largest absolute Gasteiger partial charge is 1.00 e. The second-order valence-electron chi connectivity index (χ2n) is 14.6. The summed E-state index contributed by atoms with van der Waals surface area (Å²) in [7, 11) is 0. The molecule has 5 rings (SSSR count). The fourth-order valence-electron chi connectivity index (χ4n) is 6.91. The molecule has 4 heterocycles. The molecule has 57 heavy (non-hydrogen) atoms. The lowest BCUT2D eigenvalue weighted by atomic mass is 10.1. The summed E-state index contributed by atoms with van der Waals surface area (Å²) in [5, 5.41) is 9.90. The van der Waals surface area contributed by atoms with Gasteiger partial charge in [-0.25, -0.2) is 4.57 Å². The van der Waals surface area contributed by atoms with Gasteiger partial charge < -0.3 is 26.6 Å². The molecule has 0 atom stereocenters. The number of unbranched alkanes of at least 4 members (excludes halogenated alkanes) is 10. The minimum Gasteiger partial charge on any atom is -1.00 e. The van der Waals surface area contributed by atoms with E-state index in [-0.39, 0.29) is 12.4 Å². The van der Waals surface area contributed by atoms with Crippen LogP contribution in [0.4, 0.5) is 0 Å². The number of aryl methyl sites for hydroxylation is 4. The number of pyridine rings is 3. The number of halogens is 2. The van der Waals surface area contributed by atoms with Crippen LogP contribution in [0.1, 0.15) is 108 Å². The summed E-state index contributed by atoms with van der Waals surface area (Å²) in [5.74, 6) is -0.0739. The average Bonchev–Trinajstić information content (AvgIpc) is 3.69. The average molecular weight is 820 g/mol. The van der Waals surface area contributed by atoms with E-state index in [1.165, 1.54) is 69.4 Å². The molecule has 0 fully saturated rings. The van der Waals surface area contributed by atoms with E-state index in [1.54, 1.807) is 18.3 Å². The third-order valence-corrected chi connectivity index (χ3v) is 10.2. The fourth-order valence-corrected chi connectivity index (χ4v) is 7.17. The van der Waals surface area contributed by atoms with E-state index in [2.05, 4.69) is 55.4 Å². The molecule has 0 saturated carbocycles. The third-order valence-electron chi connectivity index (χ3n) is 9.89. The lowest BCUT2D eigenvalue weighted by Gasteiger charge is -2.11. The van der Waals surface area contributed by atoms with E-state index >= 15 is 0 Å². The molecule has 4 aromatic heterocycles. The van der Waals surface area contributed by atoms with Crippen molar-refractivity contribution in [1.82, 2.24) is 25.0 Å². The van der Waals surface area contributed by atoms with Crippen LogP contribution >= 0.6 is 11.6 Å². The molecular formula is C45H60Cl2N6O4. The van der Waals surface area contributed by atoms with Crippen LogP contribution < -0.4 is 21.7 Å². The number of hydrogen-bond acceptors (Lipinski definition) is 8. The minimum absolute atomic E-state index is 0. The topological polar surface area (TPSA) is 105 Å². The Morgan fingerprint density at radius 3 is 2.14 bits per heavy atom. The number of ether oxygens (including phenoxy) is 3. The van der Waals surface area contributed by atoms with Gasteiger partial charge in [-0.2, -0.15) is 0 Å². The molecule has 0 aliphatic carbocycles. The van der Waals surface area contributed by atoms with E-state index in [9.17, 15) is 4.79 Å². The Hall–Kier alpha value is -3.96. The zero-order valence-electron chi connectivity index (χ0n) is 33.6. The second-order valence-corrected chi connectivity index (χ2v) is 15.0. The highest BCUT2D eigenvalue weighted by molar-refractivity contribution is 6.36. The molecule has 0 N–H and O–H groups in total. The number of rotatable bonds is 28. The van der Waals surface area contributed by atoms with Crippen LogP contribution in [0.5, 0.6) is 5.75 Å². The highest BCUT2D eigenvalue weighted by Crippen LogP contribution is 2.39. The second kappa shape index (κ2) is 26.9. The third kappa shape index (κ3) is 16.8. The summed E-state index contributed by atoms with van der Waals surface area (Å²) < 4.78 is 21.5. The first-order valence-electron chi connectivity index (χ1n) is 20.8. The van der Waals surface area contributed by atoms with Crippen molar-refractivity contribution in [2.45, 2.75) is 123 Å². The van der Waals surface area contributed by atoms with Gasteiger partial charge in [0.15, 0.2) is 18.1 Å². The zero-order chi connectivity index (χ0) is 39.0. The first-order chi connectivity index (χ1) is 27.6. The molecule has 0 saturated heterocycles. The van der Waals surface area contributed by atoms with Crippen molar-refractivity contribution in [3.8, 4) is 17.0 Å². The van der Waals surface area contributed by atoms with Gasteiger partial charge >= 0.3 is 5.97 Å². The molecule has 0 aliphatic rings. The maximum absolute atomic E-state index is 11.9. The number of hydrogen-bond donors (Lipinski definition) is 0. The van der Waals surface area contributed by atoms with Gasteiger partial charge in [0.1, 0.15) is 17.8 Å². The highest BCUT2D eigenvalue weighted by Gasteiger charge is 2.19. The number of fused-ring (bicyclic) bond motifs is 1. The number of carbonyl (C=O) groups excluding carboxylic acids is 1. The van der Waals surface area contributed by atoms with Crippen LogP contribution in [0.3, 0.4) is 0 Å². The summed E-state index contributed by atoms with van der Waals surface area (Å²) in [6, 6.07) is 13.9. The normalized spacial score (nSPS) is 11.2. The molecule has 0 amide bonds. The molecule has 0 radical (unpaired) electrons. The van der Waals surface area contributed by atoms with E-state index in [4.69, 9.17) is 25.8 Å². The summed E-state index contributed by atoms with van der Waals surface area (Å²) in [4.78, 5) is 20.5. The number of benzene rings is 1. The molecular weight excluding hydrogens is 759 g/mol. The smallest absolute Gasteiger partial charge is 0.308 e. The molecule has 308 valence electrons. The molecule has 1 aromatic carbocycles. The fraction of sp³-hybridized carbons (Fsp3) is 0.511. The zero-order valence-corrected chi connectivity index (χ0v) is 35.1. The van der Waals surface area contributed by atoms with Crippen molar-refractivity contribution < 1.29 is 36.0 Å². The predicted molar refractivity (Wildman–Crippen MR) is 222 cm³/mol. The maximum atomic E-state index is 11.9. The maximum Gasteiger partial charge on any atom is 0.308 e. The first-order valence-corrected chi connectivity index (χ1v) is 21.1. The summed E-state index contributed by atoms with van der Waals surface area (Å²) in [6.45, 7) is 6.60. The monoisotopic (exact) mass is 818 g/mol. The Kier molecular flexibility index (Phi) is 21.6. The van der Waals surface area contributed by atoms with Gasteiger partial charge in [0.25, 0.3) is 0 Å². The van der Waals surface area contributed by atoms with Crippen molar-refractivity contribution in [3.63, 3.8) is 0 Å². The van der Waals surface area contributed by atoms with Crippen molar-refractivity contribution in [2.24, 2.45) is 0 Å². The van der Waals surface area contributed by atoms with Crippen molar-refractivity contribution in [3.05, 3.63) is 95.8 Å². The predicted octanol–water partition coefficient (Wildman–Crippen LogP) is 6.74. The molecule has 12 heteroatoms. The van der Waals surface area contributed by atoms with Crippen molar-refractivity contribution >= 4 is 28.5 Å². The number of aromatic nitrogens is 6. The molecule has 0 spiro atoms. The van der Waals surface area contributed by atoms with Crippen LogP contribution in [0.25, 0.3) is 22.2 Å². The van der Waals surface area contributed by atoms with Gasteiger partial charge in [0, 0.05) is 81.9 Å². The van der Waals surface area contributed by atoms with Gasteiger partial charge in [-0.3, -0.25) is 19.4 Å². The highest BCUT2D eigenvalue weighted by atomic mass is 35.5. The van der Waals surface area contributed by atoms with E-state index in [1.807, 2.05) is 35.4 Å². The Bertz CT molecular complexity index is 1880. The molecule has 0 aliphatic heterocycles. The Morgan fingerprint density at radius 1 is 0.772 bits per heavy atom. The number of esters is 1. The Morgan fingerprint density at radius 2 is 1.42 bits per heavy atom. The molecule has 0 bridgehead atoms. The number of carbonyl (C=O) groups is 1. The van der Waals surface area contributed by atoms with Crippen LogP contribution in [-0.2, 0) is 40.2 Å². The van der Waals surface area contributed by atoms with E-state index in [0.717, 1.165) is 96.3 Å². The summed E-state index contributed by atoms with van der Waals surface area (Å²) in [6.07, 6.45) is 30.3. The number of nitrogens with zero attached hydrogens (tertiary/aromatic N) is 6. The van der Waals surface area contributed by atoms with Crippen molar-refractivity contribution in [2.75, 3.05) is 26.4 Å². The Balaban J connectivity index is 0.00000720. The van der Waals surface area contributed by atoms with Gasteiger partial charge in [0.2, 0.25) is 0 Å². The van der Waals surface area contributed by atoms with Crippen molar-refractivity contribution in [1.29, 1.82) is 0 Å². The van der Waals surface area contributed by atoms with E-state index < -0.39 is 5.97 Å². The van der Waals surface area contributed by atoms with Crippen LogP contribution in [-0.4, -0.2) is 57.4 Å². The van der Waals surface area contributed by atoms with Gasteiger partial charge in [0.05, 0.1) is 16.8 Å². The first kappa shape index (κ1) is 45.7. The molecule has 0 unspecified atom stereocenters. The van der Waals surface area contributed by atoms with E-state index in [0.29, 0.717) is 27.5 Å². The summed E-state index contributed by atoms with van der Waals surface area (Å²) in [5.41, 5.74) is 4.40. The Labute approximate surface area is 350 Å².